The van der Waals surface area contributed by atoms with Gasteiger partial charge in [0.05, 0.1) is 22.5 Å². The van der Waals surface area contributed by atoms with E-state index in [0.717, 1.165) is 22.4 Å². The minimum Gasteiger partial charge on any atom is -0.496 e. The van der Waals surface area contributed by atoms with Crippen molar-refractivity contribution in [1.29, 1.82) is 0 Å². The summed E-state index contributed by atoms with van der Waals surface area (Å²) in [6, 6.07) is 6.03. The number of hydrogen-bond donors (Lipinski definition) is 0. The van der Waals surface area contributed by atoms with E-state index in [1.165, 1.54) is 0 Å². The van der Waals surface area contributed by atoms with E-state index in [4.69, 9.17) is 9.47 Å². The largest absolute Gasteiger partial charge is 0.496 e. The number of hydrogen-bond acceptors (Lipinski definition) is 2. The summed E-state index contributed by atoms with van der Waals surface area (Å²) in [5, 5.41) is 0.299. The molecule has 101 valence electrons. The normalized spacial score (nSPS) is 11.9. The Labute approximate surface area is 120 Å². The van der Waals surface area contributed by atoms with Crippen molar-refractivity contribution in [1.82, 2.24) is 0 Å². The van der Waals surface area contributed by atoms with Crippen LogP contribution in [0.3, 0.4) is 0 Å². The molecule has 18 heavy (non-hydrogen) atoms. The van der Waals surface area contributed by atoms with E-state index in [1.807, 2.05) is 18.2 Å². The molecule has 0 fully saturated rings. The summed E-state index contributed by atoms with van der Waals surface area (Å²) in [6.07, 6.45) is 0. The molecule has 0 saturated carbocycles. The van der Waals surface area contributed by atoms with E-state index >= 15 is 0 Å². The first-order chi connectivity index (χ1) is 8.36. The Bertz CT molecular complexity index is 391. The molecule has 0 aromatic heterocycles. The van der Waals surface area contributed by atoms with Crippen LogP contribution in [0, 0.1) is 0 Å². The summed E-state index contributed by atoms with van der Waals surface area (Å²) < 4.78 is 12.2. The fourth-order valence-corrected chi connectivity index (χ4v) is 2.13. The number of halogens is 1. The molecule has 0 aliphatic rings. The second kappa shape index (κ2) is 6.73. The van der Waals surface area contributed by atoms with Crippen molar-refractivity contribution in [2.75, 3.05) is 13.7 Å². The maximum atomic E-state index is 5.86. The summed E-state index contributed by atoms with van der Waals surface area (Å²) in [5.74, 6) is 0.876. The molecule has 1 rings (SSSR count). The fourth-order valence-electron chi connectivity index (χ4n) is 1.40. The summed E-state index contributed by atoms with van der Waals surface area (Å²) in [4.78, 5) is 0. The Morgan fingerprint density at radius 1 is 1.28 bits per heavy atom. The molecule has 0 aliphatic heterocycles. The van der Waals surface area contributed by atoms with Crippen molar-refractivity contribution in [3.05, 3.63) is 28.2 Å². The Morgan fingerprint density at radius 3 is 2.50 bits per heavy atom. The van der Waals surface area contributed by atoms with Gasteiger partial charge in [0.2, 0.25) is 0 Å². The van der Waals surface area contributed by atoms with Crippen molar-refractivity contribution in [2.45, 2.75) is 38.6 Å². The predicted molar refractivity (Wildman–Crippen MR) is 81.9 cm³/mol. The van der Waals surface area contributed by atoms with E-state index < -0.39 is 0 Å². The Morgan fingerprint density at radius 2 is 1.94 bits per heavy atom. The zero-order chi connectivity index (χ0) is 13.8. The van der Waals surface area contributed by atoms with Crippen LogP contribution >= 0.6 is 15.9 Å². The molecule has 1 radical (unpaired) electrons. The molecule has 1 aromatic carbocycles. The van der Waals surface area contributed by atoms with Crippen molar-refractivity contribution < 1.29 is 9.47 Å². The number of rotatable bonds is 6. The van der Waals surface area contributed by atoms with Gasteiger partial charge in [-0.25, -0.2) is 0 Å². The van der Waals surface area contributed by atoms with Gasteiger partial charge in [0.1, 0.15) is 5.75 Å². The molecule has 4 heteroatoms. The van der Waals surface area contributed by atoms with E-state index in [2.05, 4.69) is 42.9 Å². The quantitative estimate of drug-likeness (QED) is 0.715. The summed E-state index contributed by atoms with van der Waals surface area (Å²) >= 11 is 3.44. The molecule has 0 aliphatic carbocycles. The third-order valence-electron chi connectivity index (χ3n) is 3.32. The van der Waals surface area contributed by atoms with Crippen LogP contribution in [0.2, 0.25) is 18.1 Å². The van der Waals surface area contributed by atoms with Gasteiger partial charge in [-0.15, -0.1) is 0 Å². The van der Waals surface area contributed by atoms with Crippen LogP contribution in [0.25, 0.3) is 0 Å². The molecule has 1 aromatic rings. The Hall–Kier alpha value is -0.323. The highest BCUT2D eigenvalue weighted by Gasteiger charge is 2.23. The minimum atomic E-state index is -0.350. The third-order valence-corrected chi connectivity index (χ3v) is 6.67. The lowest BCUT2D eigenvalue weighted by Gasteiger charge is -2.27. The van der Waals surface area contributed by atoms with Crippen molar-refractivity contribution in [3.8, 4) is 5.75 Å². The highest BCUT2D eigenvalue weighted by atomic mass is 79.9. The molecule has 2 nitrogen and oxygen atoms in total. The van der Waals surface area contributed by atoms with Gasteiger partial charge in [-0.05, 0) is 17.2 Å². The number of methoxy groups -OCH3 is 1. The molecule has 0 unspecified atom stereocenters. The van der Waals surface area contributed by atoms with E-state index in [9.17, 15) is 0 Å². The first-order valence-electron chi connectivity index (χ1n) is 6.07. The van der Waals surface area contributed by atoms with E-state index in [-0.39, 0.29) is 8.80 Å². The van der Waals surface area contributed by atoms with Crippen LogP contribution in [-0.4, -0.2) is 22.5 Å². The minimum absolute atomic E-state index is 0.299. The van der Waals surface area contributed by atoms with Crippen LogP contribution in [0.4, 0.5) is 0 Å². The molecule has 0 bridgehead atoms. The second-order valence-electron chi connectivity index (χ2n) is 5.33. The number of ether oxygens (including phenoxy) is 2. The van der Waals surface area contributed by atoms with Gasteiger partial charge in [0, 0.05) is 16.6 Å². The fraction of sp³-hybridized carbons (Fsp3) is 0.571. The predicted octanol–water partition coefficient (Wildman–Crippen LogP) is 4.51. The first kappa shape index (κ1) is 15.7. The van der Waals surface area contributed by atoms with Crippen LogP contribution in [0.15, 0.2) is 22.7 Å². The van der Waals surface area contributed by atoms with Gasteiger partial charge in [0.15, 0.2) is 0 Å². The molecule has 0 atom stereocenters. The van der Waals surface area contributed by atoms with E-state index in [1.54, 1.807) is 7.11 Å². The summed E-state index contributed by atoms with van der Waals surface area (Å²) in [6.45, 7) is 10.6. The maximum absolute atomic E-state index is 5.86. The van der Waals surface area contributed by atoms with Gasteiger partial charge in [-0.2, -0.15) is 0 Å². The summed E-state index contributed by atoms with van der Waals surface area (Å²) in [7, 11) is 1.34. The van der Waals surface area contributed by atoms with Gasteiger partial charge in [-0.1, -0.05) is 48.9 Å². The second-order valence-corrected chi connectivity index (χ2v) is 9.60. The zero-order valence-corrected chi connectivity index (χ0v) is 14.4. The van der Waals surface area contributed by atoms with Gasteiger partial charge >= 0.3 is 0 Å². The highest BCUT2D eigenvalue weighted by molar-refractivity contribution is 9.10. The van der Waals surface area contributed by atoms with Crippen molar-refractivity contribution in [2.24, 2.45) is 0 Å². The van der Waals surface area contributed by atoms with Crippen LogP contribution < -0.4 is 4.74 Å². The highest BCUT2D eigenvalue weighted by Crippen LogP contribution is 2.30. The first-order valence-corrected chi connectivity index (χ1v) is 9.37. The summed E-state index contributed by atoms with van der Waals surface area (Å²) in [5.41, 5.74) is 1.09. The number of benzene rings is 1. The smallest absolute Gasteiger partial charge is 0.125 e. The Kier molecular flexibility index (Phi) is 5.88. The maximum Gasteiger partial charge on any atom is 0.125 e. The van der Waals surface area contributed by atoms with Gasteiger partial charge in [-0.3, -0.25) is 0 Å². The molecular formula is C14H22BrO2Si. The average molecular weight is 330 g/mol. The third kappa shape index (κ3) is 4.41. The van der Waals surface area contributed by atoms with Gasteiger partial charge < -0.3 is 9.47 Å². The lowest BCUT2D eigenvalue weighted by molar-refractivity contribution is 0.0990. The molecule has 0 spiro atoms. The Balaban J connectivity index is 2.59. The van der Waals surface area contributed by atoms with Gasteiger partial charge in [0.25, 0.3) is 0 Å². The molecule has 0 saturated heterocycles. The van der Waals surface area contributed by atoms with Crippen LogP contribution in [0.5, 0.6) is 5.75 Å². The van der Waals surface area contributed by atoms with Crippen LogP contribution in [0.1, 0.15) is 19.4 Å². The average Bonchev–Trinajstić information content (AvgIpc) is 2.30. The van der Waals surface area contributed by atoms with Crippen LogP contribution in [-0.2, 0) is 11.3 Å². The topological polar surface area (TPSA) is 18.5 Å². The molecule has 0 N–H and O–H groups in total. The van der Waals surface area contributed by atoms with Crippen molar-refractivity contribution >= 4 is 24.7 Å². The zero-order valence-electron chi connectivity index (χ0n) is 11.8. The van der Waals surface area contributed by atoms with Crippen molar-refractivity contribution in [3.63, 3.8) is 0 Å². The van der Waals surface area contributed by atoms with E-state index in [0.29, 0.717) is 11.6 Å². The SMILES string of the molecule is COc1cc(Br)ccc1COCC(C)(C)[Si](C)C. The monoisotopic (exact) mass is 329 g/mol. The molecular weight excluding hydrogens is 308 g/mol. The molecule has 0 amide bonds. The standard InChI is InChI=1S/C14H22BrO2Si/c1-14(2,18(4)5)10-17-9-11-6-7-12(15)8-13(11)16-3/h6-8H,9-10H2,1-5H3. The lowest BCUT2D eigenvalue weighted by Crippen LogP contribution is -2.26. The lowest BCUT2D eigenvalue weighted by atomic mass is 10.2. The molecule has 0 heterocycles.